The van der Waals surface area contributed by atoms with E-state index in [1.165, 1.54) is 11.1 Å². The molecule has 0 fully saturated rings. The van der Waals surface area contributed by atoms with Crippen LogP contribution < -0.4 is 0 Å². The highest BCUT2D eigenvalue weighted by molar-refractivity contribution is 5.30. The molecular weight excluding hydrogens is 164 g/mol. The van der Waals surface area contributed by atoms with Gasteiger partial charge in [-0.05, 0) is 17.5 Å². The Balaban J connectivity index is 2.26. The van der Waals surface area contributed by atoms with Crippen LogP contribution >= 0.6 is 0 Å². The minimum absolute atomic E-state index is 0.106. The van der Waals surface area contributed by atoms with Crippen LogP contribution in [-0.4, -0.2) is 18.3 Å². The molecule has 1 atom stereocenters. The number of hydrogen-bond donors (Lipinski definition) is 1. The topological polar surface area (TPSA) is 29.5 Å². The van der Waals surface area contributed by atoms with Crippen LogP contribution in [0.5, 0.6) is 0 Å². The van der Waals surface area contributed by atoms with Gasteiger partial charge in [-0.1, -0.05) is 24.3 Å². The number of aliphatic hydroxyl groups is 1. The average Bonchev–Trinajstić information content (AvgIpc) is 2.19. The van der Waals surface area contributed by atoms with E-state index in [4.69, 9.17) is 9.84 Å². The Hall–Kier alpha value is -0.860. The van der Waals surface area contributed by atoms with Crippen LogP contribution in [0.25, 0.3) is 0 Å². The lowest BCUT2D eigenvalue weighted by Crippen LogP contribution is -2.17. The van der Waals surface area contributed by atoms with Crippen molar-refractivity contribution in [3.8, 4) is 0 Å². The van der Waals surface area contributed by atoms with E-state index in [1.807, 2.05) is 6.07 Å². The SMILES string of the molecule is OCCC1OCCc2ccccc21. The van der Waals surface area contributed by atoms with E-state index >= 15 is 0 Å². The second-order valence-electron chi connectivity index (χ2n) is 3.32. The van der Waals surface area contributed by atoms with Gasteiger partial charge >= 0.3 is 0 Å². The van der Waals surface area contributed by atoms with Gasteiger partial charge in [-0.3, -0.25) is 0 Å². The molecule has 1 aromatic rings. The minimum Gasteiger partial charge on any atom is -0.396 e. The zero-order valence-corrected chi connectivity index (χ0v) is 7.57. The van der Waals surface area contributed by atoms with Crippen molar-refractivity contribution < 1.29 is 9.84 Å². The van der Waals surface area contributed by atoms with Crippen LogP contribution in [-0.2, 0) is 11.2 Å². The summed E-state index contributed by atoms with van der Waals surface area (Å²) >= 11 is 0. The molecule has 2 heteroatoms. The maximum absolute atomic E-state index is 8.86. The second kappa shape index (κ2) is 3.90. The van der Waals surface area contributed by atoms with E-state index in [2.05, 4.69) is 18.2 Å². The second-order valence-corrected chi connectivity index (χ2v) is 3.32. The molecule has 0 bridgehead atoms. The number of aliphatic hydroxyl groups excluding tert-OH is 1. The van der Waals surface area contributed by atoms with Gasteiger partial charge in [0, 0.05) is 13.0 Å². The van der Waals surface area contributed by atoms with Crippen molar-refractivity contribution in [2.75, 3.05) is 13.2 Å². The third-order valence-electron chi connectivity index (χ3n) is 2.48. The maximum atomic E-state index is 8.86. The number of rotatable bonds is 2. The standard InChI is InChI=1S/C11H14O2/c12-7-5-11-10-4-2-1-3-9(10)6-8-13-11/h1-4,11-12H,5-8H2. The number of hydrogen-bond acceptors (Lipinski definition) is 2. The lowest BCUT2D eigenvalue weighted by molar-refractivity contribution is 0.0254. The molecule has 0 amide bonds. The maximum Gasteiger partial charge on any atom is 0.0849 e. The van der Waals surface area contributed by atoms with Gasteiger partial charge in [0.25, 0.3) is 0 Å². The first-order valence-corrected chi connectivity index (χ1v) is 4.72. The molecule has 0 spiro atoms. The minimum atomic E-state index is 0.106. The molecule has 1 aliphatic rings. The van der Waals surface area contributed by atoms with Crippen LogP contribution in [0.1, 0.15) is 23.7 Å². The summed E-state index contributed by atoms with van der Waals surface area (Å²) in [7, 11) is 0. The Kier molecular flexibility index (Phi) is 2.62. The van der Waals surface area contributed by atoms with E-state index in [0.717, 1.165) is 13.0 Å². The monoisotopic (exact) mass is 178 g/mol. The third-order valence-corrected chi connectivity index (χ3v) is 2.48. The highest BCUT2D eigenvalue weighted by Gasteiger charge is 2.19. The predicted molar refractivity (Wildman–Crippen MR) is 50.5 cm³/mol. The van der Waals surface area contributed by atoms with Gasteiger partial charge in [0.2, 0.25) is 0 Å². The first-order valence-electron chi connectivity index (χ1n) is 4.72. The highest BCUT2D eigenvalue weighted by atomic mass is 16.5. The zero-order chi connectivity index (χ0) is 9.10. The van der Waals surface area contributed by atoms with Crippen LogP contribution in [0.15, 0.2) is 24.3 Å². The summed E-state index contributed by atoms with van der Waals surface area (Å²) < 4.78 is 5.58. The molecule has 2 nitrogen and oxygen atoms in total. The fourth-order valence-electron chi connectivity index (χ4n) is 1.83. The summed E-state index contributed by atoms with van der Waals surface area (Å²) in [6, 6.07) is 8.31. The molecule has 1 aliphatic heterocycles. The van der Waals surface area contributed by atoms with E-state index in [9.17, 15) is 0 Å². The molecule has 2 rings (SSSR count). The molecule has 13 heavy (non-hydrogen) atoms. The normalized spacial score (nSPS) is 21.2. The van der Waals surface area contributed by atoms with Gasteiger partial charge < -0.3 is 9.84 Å². The Morgan fingerprint density at radius 3 is 3.08 bits per heavy atom. The molecule has 1 N–H and O–H groups in total. The third kappa shape index (κ3) is 1.74. The molecule has 0 aliphatic carbocycles. The molecule has 1 aromatic carbocycles. The highest BCUT2D eigenvalue weighted by Crippen LogP contribution is 2.28. The summed E-state index contributed by atoms with van der Waals surface area (Å²) in [6.45, 7) is 0.973. The fraction of sp³-hybridized carbons (Fsp3) is 0.455. The van der Waals surface area contributed by atoms with Gasteiger partial charge in [-0.15, -0.1) is 0 Å². The Bertz CT molecular complexity index is 283. The first kappa shape index (κ1) is 8.73. The van der Waals surface area contributed by atoms with Crippen molar-refractivity contribution in [2.45, 2.75) is 18.9 Å². The van der Waals surface area contributed by atoms with Crippen molar-refractivity contribution in [1.82, 2.24) is 0 Å². The van der Waals surface area contributed by atoms with Gasteiger partial charge in [-0.25, -0.2) is 0 Å². The molecule has 0 aromatic heterocycles. The molecule has 1 heterocycles. The first-order chi connectivity index (χ1) is 6.42. The summed E-state index contributed by atoms with van der Waals surface area (Å²) in [5, 5.41) is 8.86. The van der Waals surface area contributed by atoms with Crippen LogP contribution in [0.3, 0.4) is 0 Å². The number of fused-ring (bicyclic) bond motifs is 1. The van der Waals surface area contributed by atoms with Crippen molar-refractivity contribution in [3.05, 3.63) is 35.4 Å². The fourth-order valence-corrected chi connectivity index (χ4v) is 1.83. The molecule has 0 saturated heterocycles. The summed E-state index contributed by atoms with van der Waals surface area (Å²) in [5.41, 5.74) is 2.62. The van der Waals surface area contributed by atoms with Crippen LogP contribution in [0.4, 0.5) is 0 Å². The van der Waals surface area contributed by atoms with Crippen molar-refractivity contribution >= 4 is 0 Å². The van der Waals surface area contributed by atoms with Gasteiger partial charge in [0.1, 0.15) is 0 Å². The summed E-state index contributed by atoms with van der Waals surface area (Å²) in [6.07, 6.45) is 1.81. The Morgan fingerprint density at radius 2 is 2.23 bits per heavy atom. The largest absolute Gasteiger partial charge is 0.396 e. The van der Waals surface area contributed by atoms with Crippen LogP contribution in [0.2, 0.25) is 0 Å². The number of ether oxygens (including phenoxy) is 1. The van der Waals surface area contributed by atoms with E-state index in [1.54, 1.807) is 0 Å². The molecule has 0 saturated carbocycles. The van der Waals surface area contributed by atoms with E-state index in [-0.39, 0.29) is 12.7 Å². The van der Waals surface area contributed by atoms with Gasteiger partial charge in [0.05, 0.1) is 12.7 Å². The lowest BCUT2D eigenvalue weighted by atomic mass is 9.96. The molecule has 70 valence electrons. The lowest BCUT2D eigenvalue weighted by Gasteiger charge is -2.25. The molecule has 1 unspecified atom stereocenters. The molecular formula is C11H14O2. The zero-order valence-electron chi connectivity index (χ0n) is 7.57. The Morgan fingerprint density at radius 1 is 1.38 bits per heavy atom. The number of benzene rings is 1. The van der Waals surface area contributed by atoms with E-state index < -0.39 is 0 Å². The predicted octanol–water partition coefficient (Wildman–Crippen LogP) is 1.68. The van der Waals surface area contributed by atoms with Gasteiger partial charge in [-0.2, -0.15) is 0 Å². The van der Waals surface area contributed by atoms with Crippen molar-refractivity contribution in [3.63, 3.8) is 0 Å². The van der Waals surface area contributed by atoms with Crippen molar-refractivity contribution in [2.24, 2.45) is 0 Å². The van der Waals surface area contributed by atoms with E-state index in [0.29, 0.717) is 6.42 Å². The van der Waals surface area contributed by atoms with Crippen molar-refractivity contribution in [1.29, 1.82) is 0 Å². The summed E-state index contributed by atoms with van der Waals surface area (Å²) in [5.74, 6) is 0. The Labute approximate surface area is 78.2 Å². The molecule has 0 radical (unpaired) electrons. The van der Waals surface area contributed by atoms with Gasteiger partial charge in [0.15, 0.2) is 0 Å². The van der Waals surface area contributed by atoms with Crippen LogP contribution in [0, 0.1) is 0 Å². The smallest absolute Gasteiger partial charge is 0.0849 e. The summed E-state index contributed by atoms with van der Waals surface area (Å²) in [4.78, 5) is 0. The quantitative estimate of drug-likeness (QED) is 0.746. The average molecular weight is 178 g/mol.